The maximum Gasteiger partial charge on any atom is 0.182 e. The molecule has 0 unspecified atom stereocenters. The zero-order valence-corrected chi connectivity index (χ0v) is 12.5. The van der Waals surface area contributed by atoms with Crippen LogP contribution in [0.2, 0.25) is 0 Å². The van der Waals surface area contributed by atoms with Crippen molar-refractivity contribution in [2.45, 2.75) is 6.92 Å². The maximum absolute atomic E-state index is 14.1. The van der Waals surface area contributed by atoms with Gasteiger partial charge in [0.05, 0.1) is 16.7 Å². The van der Waals surface area contributed by atoms with Crippen LogP contribution in [0, 0.1) is 17.5 Å². The molecule has 2 nitrogen and oxygen atoms in total. The Kier molecular flexibility index (Phi) is 3.03. The van der Waals surface area contributed by atoms with Crippen molar-refractivity contribution in [3.05, 3.63) is 57.0 Å². The first-order chi connectivity index (χ1) is 9.08. The molecule has 2 aromatic carbocycles. The fourth-order valence-corrected chi connectivity index (χ4v) is 2.96. The summed E-state index contributed by atoms with van der Waals surface area (Å²) in [6.07, 6.45) is 0. The SMILES string of the molecule is Cc1ccc2[nH]c(=S)n(-c3c(F)cccc3Br)c2c1. The number of imidazole rings is 1. The lowest BCUT2D eigenvalue weighted by atomic mass is 10.2. The molecule has 0 saturated heterocycles. The molecule has 1 aromatic heterocycles. The summed E-state index contributed by atoms with van der Waals surface area (Å²) in [5, 5.41) is 0. The molecule has 0 aliphatic rings. The molecule has 5 heteroatoms. The molecular weight excluding hydrogens is 327 g/mol. The number of fused-ring (bicyclic) bond motifs is 1. The Morgan fingerprint density at radius 3 is 2.79 bits per heavy atom. The Hall–Kier alpha value is -1.46. The van der Waals surface area contributed by atoms with Gasteiger partial charge in [0, 0.05) is 4.47 Å². The van der Waals surface area contributed by atoms with Crippen LogP contribution in [0.3, 0.4) is 0 Å². The first kappa shape index (κ1) is 12.6. The van der Waals surface area contributed by atoms with E-state index in [0.717, 1.165) is 16.6 Å². The van der Waals surface area contributed by atoms with E-state index in [9.17, 15) is 4.39 Å². The Morgan fingerprint density at radius 1 is 1.26 bits per heavy atom. The topological polar surface area (TPSA) is 20.7 Å². The molecule has 0 radical (unpaired) electrons. The van der Waals surface area contributed by atoms with Crippen LogP contribution in [0.4, 0.5) is 4.39 Å². The smallest absolute Gasteiger partial charge is 0.182 e. The minimum Gasteiger partial charge on any atom is -0.330 e. The van der Waals surface area contributed by atoms with Gasteiger partial charge in [-0.2, -0.15) is 0 Å². The summed E-state index contributed by atoms with van der Waals surface area (Å²) in [6, 6.07) is 10.8. The molecule has 3 rings (SSSR count). The predicted octanol–water partition coefficient (Wildman–Crippen LogP) is 4.90. The van der Waals surface area contributed by atoms with Crippen molar-refractivity contribution < 1.29 is 4.39 Å². The van der Waals surface area contributed by atoms with E-state index in [1.54, 1.807) is 16.7 Å². The summed E-state index contributed by atoms with van der Waals surface area (Å²) in [6.45, 7) is 2.00. The van der Waals surface area contributed by atoms with Crippen LogP contribution in [-0.4, -0.2) is 9.55 Å². The quantitative estimate of drug-likeness (QED) is 0.627. The molecule has 0 saturated carbocycles. The van der Waals surface area contributed by atoms with Gasteiger partial charge in [0.2, 0.25) is 0 Å². The fourth-order valence-electron chi connectivity index (χ4n) is 2.14. The molecular formula is C14H10BrFN2S. The molecule has 1 heterocycles. The van der Waals surface area contributed by atoms with E-state index in [4.69, 9.17) is 12.2 Å². The molecule has 96 valence electrons. The van der Waals surface area contributed by atoms with E-state index < -0.39 is 0 Å². The minimum atomic E-state index is -0.312. The van der Waals surface area contributed by atoms with Crippen LogP contribution in [-0.2, 0) is 0 Å². The predicted molar refractivity (Wildman–Crippen MR) is 80.9 cm³/mol. The third-order valence-electron chi connectivity index (χ3n) is 3.00. The second kappa shape index (κ2) is 4.58. The highest BCUT2D eigenvalue weighted by Gasteiger charge is 2.13. The van der Waals surface area contributed by atoms with E-state index in [2.05, 4.69) is 20.9 Å². The maximum atomic E-state index is 14.1. The number of nitrogens with zero attached hydrogens (tertiary/aromatic N) is 1. The molecule has 0 aliphatic heterocycles. The van der Waals surface area contributed by atoms with Gasteiger partial charge in [0.1, 0.15) is 5.82 Å². The Bertz CT molecular complexity index is 815. The second-order valence-electron chi connectivity index (χ2n) is 4.36. The third-order valence-corrected chi connectivity index (χ3v) is 3.92. The molecule has 0 amide bonds. The highest BCUT2D eigenvalue weighted by Crippen LogP contribution is 2.28. The van der Waals surface area contributed by atoms with Crippen molar-refractivity contribution in [1.29, 1.82) is 0 Å². The lowest BCUT2D eigenvalue weighted by molar-refractivity contribution is 0.617. The summed E-state index contributed by atoms with van der Waals surface area (Å²) in [5.41, 5.74) is 3.30. The van der Waals surface area contributed by atoms with E-state index in [1.807, 2.05) is 25.1 Å². The molecule has 0 spiro atoms. The monoisotopic (exact) mass is 336 g/mol. The average Bonchev–Trinajstić information content (AvgIpc) is 2.66. The van der Waals surface area contributed by atoms with Crippen LogP contribution in [0.25, 0.3) is 16.7 Å². The van der Waals surface area contributed by atoms with Crippen LogP contribution >= 0.6 is 28.1 Å². The summed E-state index contributed by atoms with van der Waals surface area (Å²) in [5.74, 6) is -0.312. The highest BCUT2D eigenvalue weighted by atomic mass is 79.9. The molecule has 1 N–H and O–H groups in total. The number of hydrogen-bond donors (Lipinski definition) is 1. The van der Waals surface area contributed by atoms with Crippen molar-refractivity contribution >= 4 is 39.2 Å². The first-order valence-corrected chi connectivity index (χ1v) is 6.94. The van der Waals surface area contributed by atoms with Gasteiger partial charge in [0.25, 0.3) is 0 Å². The zero-order chi connectivity index (χ0) is 13.6. The number of H-pyrrole nitrogens is 1. The number of halogens is 2. The van der Waals surface area contributed by atoms with Gasteiger partial charge in [-0.25, -0.2) is 4.39 Å². The number of aromatic nitrogens is 2. The molecule has 0 atom stereocenters. The lowest BCUT2D eigenvalue weighted by Crippen LogP contribution is -1.99. The standard InChI is InChI=1S/C14H10BrFN2S/c1-8-5-6-11-12(7-8)18(14(19)17-11)13-9(15)3-2-4-10(13)16/h2-7H,1H3,(H,17,19). The minimum absolute atomic E-state index is 0.312. The Morgan fingerprint density at radius 2 is 2.05 bits per heavy atom. The molecule has 3 aromatic rings. The number of para-hydroxylation sites is 1. The van der Waals surface area contributed by atoms with Gasteiger partial charge >= 0.3 is 0 Å². The molecule has 0 aliphatic carbocycles. The summed E-state index contributed by atoms with van der Waals surface area (Å²) in [7, 11) is 0. The molecule has 0 fully saturated rings. The number of hydrogen-bond acceptors (Lipinski definition) is 1. The van der Waals surface area contributed by atoms with Gasteiger partial charge < -0.3 is 4.98 Å². The lowest BCUT2D eigenvalue weighted by Gasteiger charge is -2.08. The second-order valence-corrected chi connectivity index (χ2v) is 5.60. The summed E-state index contributed by atoms with van der Waals surface area (Å²) < 4.78 is 17.0. The van der Waals surface area contributed by atoms with Gasteiger partial charge in [-0.1, -0.05) is 12.1 Å². The van der Waals surface area contributed by atoms with E-state index in [-0.39, 0.29) is 5.82 Å². The Balaban J connectivity index is 2.46. The zero-order valence-electron chi connectivity index (χ0n) is 10.1. The van der Waals surface area contributed by atoms with Gasteiger partial charge in [-0.15, -0.1) is 0 Å². The van der Waals surface area contributed by atoms with E-state index in [1.165, 1.54) is 6.07 Å². The van der Waals surface area contributed by atoms with Crippen LogP contribution in [0.1, 0.15) is 5.56 Å². The third kappa shape index (κ3) is 2.03. The van der Waals surface area contributed by atoms with Crippen LogP contribution in [0.5, 0.6) is 0 Å². The van der Waals surface area contributed by atoms with Crippen molar-refractivity contribution in [1.82, 2.24) is 9.55 Å². The average molecular weight is 337 g/mol. The van der Waals surface area contributed by atoms with E-state index in [0.29, 0.717) is 14.9 Å². The number of aryl methyl sites for hydroxylation is 1. The normalized spacial score (nSPS) is 11.1. The molecule has 0 bridgehead atoms. The van der Waals surface area contributed by atoms with Gasteiger partial charge in [-0.05, 0) is 64.9 Å². The van der Waals surface area contributed by atoms with Crippen LogP contribution < -0.4 is 0 Å². The van der Waals surface area contributed by atoms with Crippen molar-refractivity contribution in [2.24, 2.45) is 0 Å². The first-order valence-electron chi connectivity index (χ1n) is 5.73. The van der Waals surface area contributed by atoms with Gasteiger partial charge in [-0.3, -0.25) is 4.57 Å². The number of rotatable bonds is 1. The highest BCUT2D eigenvalue weighted by molar-refractivity contribution is 9.10. The van der Waals surface area contributed by atoms with Crippen LogP contribution in [0.15, 0.2) is 40.9 Å². The van der Waals surface area contributed by atoms with E-state index >= 15 is 0 Å². The van der Waals surface area contributed by atoms with Crippen molar-refractivity contribution in [3.8, 4) is 5.69 Å². The summed E-state index contributed by atoms with van der Waals surface area (Å²) in [4.78, 5) is 3.10. The summed E-state index contributed by atoms with van der Waals surface area (Å²) >= 11 is 8.70. The number of benzene rings is 2. The van der Waals surface area contributed by atoms with Crippen molar-refractivity contribution in [3.63, 3.8) is 0 Å². The largest absolute Gasteiger partial charge is 0.330 e. The number of aromatic amines is 1. The van der Waals surface area contributed by atoms with Crippen molar-refractivity contribution in [2.75, 3.05) is 0 Å². The molecule has 19 heavy (non-hydrogen) atoms. The van der Waals surface area contributed by atoms with Gasteiger partial charge in [0.15, 0.2) is 4.77 Å². The fraction of sp³-hybridized carbons (Fsp3) is 0.0714. The Labute approximate surface area is 123 Å². The number of nitrogens with one attached hydrogen (secondary N) is 1.